The van der Waals surface area contributed by atoms with Crippen molar-refractivity contribution in [2.24, 2.45) is 7.05 Å². The molecule has 2 aromatic heterocycles. The molecule has 0 saturated carbocycles. The van der Waals surface area contributed by atoms with E-state index in [0.29, 0.717) is 48.5 Å². The van der Waals surface area contributed by atoms with Crippen LogP contribution in [0.4, 0.5) is 5.82 Å². The monoisotopic (exact) mass is 491 g/mol. The molecule has 4 aromatic rings. The van der Waals surface area contributed by atoms with E-state index in [9.17, 15) is 19.5 Å². The Morgan fingerprint density at radius 1 is 1.00 bits per heavy atom. The van der Waals surface area contributed by atoms with Crippen molar-refractivity contribution >= 4 is 33.6 Å². The summed E-state index contributed by atoms with van der Waals surface area (Å²) in [6.45, 7) is 1.13. The largest absolute Gasteiger partial charge is 0.493 e. The van der Waals surface area contributed by atoms with E-state index in [4.69, 9.17) is 9.47 Å². The highest BCUT2D eigenvalue weighted by Gasteiger charge is 2.27. The van der Waals surface area contributed by atoms with Crippen molar-refractivity contribution in [3.05, 3.63) is 63.1 Å². The number of ether oxygens (including phenoxy) is 2. The molecule has 3 heterocycles. The van der Waals surface area contributed by atoms with Crippen LogP contribution in [0.25, 0.3) is 21.8 Å². The van der Waals surface area contributed by atoms with E-state index >= 15 is 0 Å². The molecule has 186 valence electrons. The maximum atomic E-state index is 13.3. The predicted molar refractivity (Wildman–Crippen MR) is 134 cm³/mol. The molecule has 36 heavy (non-hydrogen) atoms. The number of carboxylic acid groups (broad SMARTS) is 1. The van der Waals surface area contributed by atoms with Crippen LogP contribution in [0.15, 0.2) is 46.2 Å². The molecule has 0 spiro atoms. The maximum Gasteiger partial charge on any atom is 0.335 e. The third-order valence-electron chi connectivity index (χ3n) is 6.80. The number of rotatable bonds is 5. The Morgan fingerprint density at radius 3 is 2.36 bits per heavy atom. The van der Waals surface area contributed by atoms with Gasteiger partial charge < -0.3 is 19.5 Å². The molecule has 1 aliphatic heterocycles. The number of nitrogens with zero attached hydrogens (tertiary/aromatic N) is 5. The molecule has 0 unspecified atom stereocenters. The molecule has 11 heteroatoms. The second kappa shape index (κ2) is 8.99. The number of aromatic nitrogens is 4. The Balaban J connectivity index is 1.49. The van der Waals surface area contributed by atoms with E-state index < -0.39 is 17.2 Å². The maximum absolute atomic E-state index is 13.3. The van der Waals surface area contributed by atoms with Crippen LogP contribution in [0.2, 0.25) is 0 Å². The number of carbonyl (C=O) groups is 1. The number of fused-ring (bicyclic) bond motifs is 2. The van der Waals surface area contributed by atoms with E-state index in [0.717, 1.165) is 11.2 Å². The first-order valence-electron chi connectivity index (χ1n) is 11.4. The number of aryl methyl sites for hydroxylation is 1. The highest BCUT2D eigenvalue weighted by Crippen LogP contribution is 2.36. The van der Waals surface area contributed by atoms with Gasteiger partial charge in [-0.15, -0.1) is 0 Å². The van der Waals surface area contributed by atoms with Crippen molar-refractivity contribution in [2.45, 2.75) is 18.9 Å². The molecule has 0 bridgehead atoms. The summed E-state index contributed by atoms with van der Waals surface area (Å²) in [5.41, 5.74) is 0.230. The quantitative estimate of drug-likeness (QED) is 0.447. The van der Waals surface area contributed by atoms with Crippen LogP contribution < -0.4 is 25.6 Å². The van der Waals surface area contributed by atoms with E-state index in [1.807, 2.05) is 6.07 Å². The zero-order chi connectivity index (χ0) is 25.6. The Hall–Kier alpha value is -4.41. The lowest BCUT2D eigenvalue weighted by molar-refractivity contribution is 0.0697. The minimum Gasteiger partial charge on any atom is -0.493 e. The van der Waals surface area contributed by atoms with Gasteiger partial charge in [0.15, 0.2) is 11.5 Å². The summed E-state index contributed by atoms with van der Waals surface area (Å²) in [6.07, 6.45) is 2.58. The molecule has 0 aliphatic carbocycles. The first-order chi connectivity index (χ1) is 17.3. The molecule has 0 atom stereocenters. The van der Waals surface area contributed by atoms with Crippen molar-refractivity contribution in [2.75, 3.05) is 32.2 Å². The highest BCUT2D eigenvalue weighted by atomic mass is 16.5. The minimum absolute atomic E-state index is 0.00214. The van der Waals surface area contributed by atoms with E-state index in [1.165, 1.54) is 33.7 Å². The van der Waals surface area contributed by atoms with Crippen molar-refractivity contribution in [3.63, 3.8) is 0 Å². The average Bonchev–Trinajstić information content (AvgIpc) is 2.90. The molecule has 5 rings (SSSR count). The zero-order valence-corrected chi connectivity index (χ0v) is 20.1. The SMILES string of the molecule is COc1cc2ncnc(N3CCC(n4c(=O)c5cc(C(=O)O)ccc5n(C)c4=O)CC3)c2cc1OC. The molecule has 1 saturated heterocycles. The highest BCUT2D eigenvalue weighted by molar-refractivity contribution is 5.93. The van der Waals surface area contributed by atoms with Gasteiger partial charge in [-0.3, -0.25) is 13.9 Å². The van der Waals surface area contributed by atoms with Crippen LogP contribution >= 0.6 is 0 Å². The summed E-state index contributed by atoms with van der Waals surface area (Å²) in [5.74, 6) is 0.759. The van der Waals surface area contributed by atoms with Crippen LogP contribution in [-0.2, 0) is 7.05 Å². The molecule has 1 fully saturated rings. The zero-order valence-electron chi connectivity index (χ0n) is 20.1. The third-order valence-corrected chi connectivity index (χ3v) is 6.80. The lowest BCUT2D eigenvalue weighted by Crippen LogP contribution is -2.45. The number of hydrogen-bond acceptors (Lipinski definition) is 8. The Kier molecular flexibility index (Phi) is 5.83. The summed E-state index contributed by atoms with van der Waals surface area (Å²) < 4.78 is 13.5. The van der Waals surface area contributed by atoms with Gasteiger partial charge >= 0.3 is 11.7 Å². The van der Waals surface area contributed by atoms with Crippen molar-refractivity contribution in [3.8, 4) is 11.5 Å². The van der Waals surface area contributed by atoms with Gasteiger partial charge in [0.1, 0.15) is 12.1 Å². The number of anilines is 1. The fourth-order valence-electron chi connectivity index (χ4n) is 4.89. The van der Waals surface area contributed by atoms with E-state index in [-0.39, 0.29) is 17.0 Å². The predicted octanol–water partition coefficient (Wildman–Crippen LogP) is 2.20. The lowest BCUT2D eigenvalue weighted by Gasteiger charge is -2.34. The number of carboxylic acids is 1. The summed E-state index contributed by atoms with van der Waals surface area (Å²) in [4.78, 5) is 48.9. The fourth-order valence-corrected chi connectivity index (χ4v) is 4.89. The number of methoxy groups -OCH3 is 2. The van der Waals surface area contributed by atoms with Crippen LogP contribution in [0, 0.1) is 0 Å². The molecule has 1 aliphatic rings. The molecule has 1 N–H and O–H groups in total. The molecular weight excluding hydrogens is 466 g/mol. The standard InChI is InChI=1S/C25H25N5O6/c1-28-19-5-4-14(24(32)33)10-17(19)23(31)30(25(28)34)15-6-8-29(9-7-15)22-16-11-20(35-2)21(36-3)12-18(16)26-13-27-22/h4-5,10-13,15H,6-9H2,1-3H3,(H,32,33). The van der Waals surface area contributed by atoms with Crippen molar-refractivity contribution in [1.82, 2.24) is 19.1 Å². The van der Waals surface area contributed by atoms with Gasteiger partial charge in [-0.05, 0) is 37.1 Å². The molecule has 2 aromatic carbocycles. The Bertz CT molecular complexity index is 1620. The number of benzene rings is 2. The molecule has 11 nitrogen and oxygen atoms in total. The van der Waals surface area contributed by atoms with E-state index in [1.54, 1.807) is 27.3 Å². The molecule has 0 radical (unpaired) electrons. The van der Waals surface area contributed by atoms with Gasteiger partial charge in [0, 0.05) is 37.6 Å². The van der Waals surface area contributed by atoms with Gasteiger partial charge in [-0.1, -0.05) is 0 Å². The van der Waals surface area contributed by atoms with Gasteiger partial charge in [0.2, 0.25) is 0 Å². The summed E-state index contributed by atoms with van der Waals surface area (Å²) >= 11 is 0. The Labute approximate surface area is 205 Å². The molecule has 0 amide bonds. The summed E-state index contributed by atoms with van der Waals surface area (Å²) in [5, 5.41) is 10.4. The van der Waals surface area contributed by atoms with E-state index in [2.05, 4.69) is 14.9 Å². The van der Waals surface area contributed by atoms with Crippen LogP contribution in [-0.4, -0.2) is 57.5 Å². The van der Waals surface area contributed by atoms with Gasteiger partial charge in [-0.2, -0.15) is 0 Å². The van der Waals surface area contributed by atoms with Gasteiger partial charge in [0.05, 0.1) is 36.2 Å². The number of piperidine rings is 1. The Morgan fingerprint density at radius 2 is 1.69 bits per heavy atom. The summed E-state index contributed by atoms with van der Waals surface area (Å²) in [6, 6.07) is 7.54. The van der Waals surface area contributed by atoms with Crippen LogP contribution in [0.1, 0.15) is 29.2 Å². The fraction of sp³-hybridized carbons (Fsp3) is 0.320. The van der Waals surface area contributed by atoms with Crippen molar-refractivity contribution in [1.29, 1.82) is 0 Å². The van der Waals surface area contributed by atoms with Gasteiger partial charge in [-0.25, -0.2) is 19.6 Å². The lowest BCUT2D eigenvalue weighted by atomic mass is 10.0. The summed E-state index contributed by atoms with van der Waals surface area (Å²) in [7, 11) is 4.72. The second-order valence-electron chi connectivity index (χ2n) is 8.69. The first-order valence-corrected chi connectivity index (χ1v) is 11.4. The smallest absolute Gasteiger partial charge is 0.335 e. The normalized spacial score (nSPS) is 14.4. The average molecular weight is 492 g/mol. The van der Waals surface area contributed by atoms with Crippen LogP contribution in [0.5, 0.6) is 11.5 Å². The first kappa shape index (κ1) is 23.3. The number of hydrogen-bond donors (Lipinski definition) is 1. The third kappa shape index (κ3) is 3.72. The van der Waals surface area contributed by atoms with Crippen LogP contribution in [0.3, 0.4) is 0 Å². The number of aromatic carboxylic acids is 1. The second-order valence-corrected chi connectivity index (χ2v) is 8.69. The minimum atomic E-state index is -1.13. The molecular formula is C25H25N5O6. The van der Waals surface area contributed by atoms with Crippen molar-refractivity contribution < 1.29 is 19.4 Å². The van der Waals surface area contributed by atoms with Gasteiger partial charge in [0.25, 0.3) is 5.56 Å². The topological polar surface area (TPSA) is 129 Å².